The summed E-state index contributed by atoms with van der Waals surface area (Å²) in [6, 6.07) is 10.7. The molecule has 1 aliphatic rings. The molecule has 0 fully saturated rings. The first-order valence-corrected chi connectivity index (χ1v) is 7.78. The van der Waals surface area contributed by atoms with Crippen LogP contribution in [0.15, 0.2) is 46.9 Å². The molecule has 0 spiro atoms. The number of nitro benzene ring substituents is 1. The molecular formula is C16H11BrN2O5. The van der Waals surface area contributed by atoms with E-state index in [1.54, 1.807) is 18.2 Å². The Morgan fingerprint density at radius 1 is 1.29 bits per heavy atom. The number of hydrogen-bond donors (Lipinski definition) is 1. The number of nitrogens with zero attached hydrogens (tertiary/aromatic N) is 1. The molecule has 7 nitrogen and oxygen atoms in total. The van der Waals surface area contributed by atoms with Crippen molar-refractivity contribution in [3.05, 3.63) is 68.2 Å². The summed E-state index contributed by atoms with van der Waals surface area (Å²) in [4.78, 5) is 34.5. The Kier molecular flexibility index (Phi) is 4.30. The molecule has 0 aliphatic carbocycles. The summed E-state index contributed by atoms with van der Waals surface area (Å²) in [7, 11) is 0. The van der Waals surface area contributed by atoms with Gasteiger partial charge >= 0.3 is 5.97 Å². The molecule has 1 unspecified atom stereocenters. The second kappa shape index (κ2) is 6.40. The summed E-state index contributed by atoms with van der Waals surface area (Å²) in [5.41, 5.74) is 1.27. The third kappa shape index (κ3) is 3.28. The van der Waals surface area contributed by atoms with Crippen molar-refractivity contribution in [1.29, 1.82) is 0 Å². The minimum absolute atomic E-state index is 0.136. The van der Waals surface area contributed by atoms with E-state index in [9.17, 15) is 19.7 Å². The first kappa shape index (κ1) is 16.1. The Morgan fingerprint density at radius 3 is 2.83 bits per heavy atom. The fourth-order valence-corrected chi connectivity index (χ4v) is 2.84. The van der Waals surface area contributed by atoms with Crippen LogP contribution in [0.25, 0.3) is 0 Å². The average molecular weight is 391 g/mol. The number of fused-ring (bicyclic) bond motifs is 1. The minimum atomic E-state index is -0.987. The van der Waals surface area contributed by atoms with E-state index >= 15 is 0 Å². The van der Waals surface area contributed by atoms with Gasteiger partial charge in [-0.1, -0.05) is 22.0 Å². The van der Waals surface area contributed by atoms with Gasteiger partial charge in [0.05, 0.1) is 10.5 Å². The van der Waals surface area contributed by atoms with Gasteiger partial charge in [0.25, 0.3) is 11.6 Å². The molecule has 1 heterocycles. The largest absolute Gasteiger partial charge is 0.448 e. The van der Waals surface area contributed by atoms with E-state index < -0.39 is 22.9 Å². The van der Waals surface area contributed by atoms with Crippen molar-refractivity contribution in [3.63, 3.8) is 0 Å². The Bertz CT molecular complexity index is 852. The highest BCUT2D eigenvalue weighted by Crippen LogP contribution is 2.25. The highest BCUT2D eigenvalue weighted by Gasteiger charge is 2.31. The lowest BCUT2D eigenvalue weighted by molar-refractivity contribution is -0.384. The van der Waals surface area contributed by atoms with Gasteiger partial charge in [-0.05, 0) is 29.8 Å². The lowest BCUT2D eigenvalue weighted by Crippen LogP contribution is -2.38. The molecule has 1 N–H and O–H groups in total. The van der Waals surface area contributed by atoms with Gasteiger partial charge in [-0.15, -0.1) is 0 Å². The fraction of sp³-hybridized carbons (Fsp3) is 0.125. The van der Waals surface area contributed by atoms with E-state index in [0.717, 1.165) is 4.47 Å². The summed E-state index contributed by atoms with van der Waals surface area (Å²) >= 11 is 3.33. The van der Waals surface area contributed by atoms with Crippen LogP contribution < -0.4 is 5.32 Å². The molecule has 8 heteroatoms. The van der Waals surface area contributed by atoms with Crippen LogP contribution in [0.5, 0.6) is 0 Å². The van der Waals surface area contributed by atoms with Crippen molar-refractivity contribution < 1.29 is 19.2 Å². The van der Waals surface area contributed by atoms with Crippen LogP contribution in [0.1, 0.15) is 15.9 Å². The first-order valence-electron chi connectivity index (χ1n) is 6.99. The van der Waals surface area contributed by atoms with E-state index in [4.69, 9.17) is 4.74 Å². The van der Waals surface area contributed by atoms with Gasteiger partial charge in [-0.25, -0.2) is 4.79 Å². The normalized spacial score (nSPS) is 16.0. The number of amides is 1. The van der Waals surface area contributed by atoms with Crippen molar-refractivity contribution in [2.75, 3.05) is 5.32 Å². The average Bonchev–Trinajstić information content (AvgIpc) is 2.54. The van der Waals surface area contributed by atoms with Crippen molar-refractivity contribution in [2.45, 2.75) is 12.5 Å². The summed E-state index contributed by atoms with van der Waals surface area (Å²) in [6.07, 6.45) is -0.750. The zero-order valence-corrected chi connectivity index (χ0v) is 13.8. The SMILES string of the molecule is O=C1OC(C(=O)Nc2cccc([N+](=O)[O-])c2)Cc2cc(Br)ccc21. The van der Waals surface area contributed by atoms with Gasteiger partial charge in [0.1, 0.15) is 0 Å². The number of nitrogens with one attached hydrogen (secondary N) is 1. The predicted molar refractivity (Wildman–Crippen MR) is 88.8 cm³/mol. The first-order chi connectivity index (χ1) is 11.4. The minimum Gasteiger partial charge on any atom is -0.448 e. The van der Waals surface area contributed by atoms with Crippen LogP contribution in [0.3, 0.4) is 0 Å². The van der Waals surface area contributed by atoms with Crippen molar-refractivity contribution in [1.82, 2.24) is 0 Å². The topological polar surface area (TPSA) is 98.5 Å². The predicted octanol–water partition coefficient (Wildman–Crippen LogP) is 3.08. The molecule has 0 aromatic heterocycles. The lowest BCUT2D eigenvalue weighted by atomic mass is 9.98. The Morgan fingerprint density at radius 2 is 2.08 bits per heavy atom. The van der Waals surface area contributed by atoms with E-state index in [1.165, 1.54) is 24.3 Å². The summed E-state index contributed by atoms with van der Waals surface area (Å²) < 4.78 is 5.96. The monoisotopic (exact) mass is 390 g/mol. The molecule has 3 rings (SSSR count). The van der Waals surface area contributed by atoms with E-state index in [0.29, 0.717) is 11.1 Å². The number of benzene rings is 2. The number of halogens is 1. The van der Waals surface area contributed by atoms with Crippen LogP contribution in [-0.4, -0.2) is 22.9 Å². The van der Waals surface area contributed by atoms with Crippen molar-refractivity contribution in [2.24, 2.45) is 0 Å². The molecular weight excluding hydrogens is 380 g/mol. The third-order valence-corrected chi connectivity index (χ3v) is 4.05. The number of carbonyl (C=O) groups excluding carboxylic acids is 2. The summed E-state index contributed by atoms with van der Waals surface area (Å²) in [5, 5.41) is 13.3. The molecule has 0 saturated carbocycles. The zero-order valence-electron chi connectivity index (χ0n) is 12.2. The Balaban J connectivity index is 1.78. The van der Waals surface area contributed by atoms with Gasteiger partial charge in [-0.3, -0.25) is 14.9 Å². The maximum absolute atomic E-state index is 12.3. The van der Waals surface area contributed by atoms with Gasteiger partial charge in [-0.2, -0.15) is 0 Å². The number of cyclic esters (lactones) is 1. The molecule has 2 aromatic carbocycles. The standard InChI is InChI=1S/C16H11BrN2O5/c17-10-4-5-13-9(6-10)7-14(24-16(13)21)15(20)18-11-2-1-3-12(8-11)19(22)23/h1-6,8,14H,7H2,(H,18,20). The third-order valence-electron chi connectivity index (χ3n) is 3.56. The maximum atomic E-state index is 12.3. The molecule has 24 heavy (non-hydrogen) atoms. The number of esters is 1. The summed E-state index contributed by atoms with van der Waals surface area (Å²) in [5.74, 6) is -1.10. The molecule has 0 radical (unpaired) electrons. The summed E-state index contributed by atoms with van der Waals surface area (Å²) in [6.45, 7) is 0. The number of nitro groups is 1. The second-order valence-corrected chi connectivity index (χ2v) is 6.11. The van der Waals surface area contributed by atoms with Crippen LogP contribution >= 0.6 is 15.9 Å². The number of ether oxygens (including phenoxy) is 1. The van der Waals surface area contributed by atoms with E-state index in [1.807, 2.05) is 0 Å². The molecule has 0 bridgehead atoms. The molecule has 1 aliphatic heterocycles. The van der Waals surface area contributed by atoms with Crippen LogP contribution in [0.2, 0.25) is 0 Å². The smallest absolute Gasteiger partial charge is 0.339 e. The maximum Gasteiger partial charge on any atom is 0.339 e. The van der Waals surface area contributed by atoms with Crippen LogP contribution in [-0.2, 0) is 16.0 Å². The van der Waals surface area contributed by atoms with Crippen molar-refractivity contribution in [3.8, 4) is 0 Å². The molecule has 2 aromatic rings. The highest BCUT2D eigenvalue weighted by atomic mass is 79.9. The quantitative estimate of drug-likeness (QED) is 0.493. The molecule has 1 atom stereocenters. The fourth-order valence-electron chi connectivity index (χ4n) is 2.43. The van der Waals surface area contributed by atoms with Crippen molar-refractivity contribution >= 4 is 39.2 Å². The second-order valence-electron chi connectivity index (χ2n) is 5.20. The highest BCUT2D eigenvalue weighted by molar-refractivity contribution is 9.10. The number of hydrogen-bond acceptors (Lipinski definition) is 5. The van der Waals surface area contributed by atoms with Gasteiger partial charge in [0, 0.05) is 28.7 Å². The van der Waals surface area contributed by atoms with E-state index in [-0.39, 0.29) is 17.8 Å². The number of rotatable bonds is 3. The molecule has 1 amide bonds. The molecule has 0 saturated heterocycles. The van der Waals surface area contributed by atoms with E-state index in [2.05, 4.69) is 21.2 Å². The van der Waals surface area contributed by atoms with Crippen LogP contribution in [0, 0.1) is 10.1 Å². The van der Waals surface area contributed by atoms with Gasteiger partial charge in [0.15, 0.2) is 6.10 Å². The molecule has 122 valence electrons. The number of carbonyl (C=O) groups is 2. The van der Waals surface area contributed by atoms with Gasteiger partial charge in [0.2, 0.25) is 0 Å². The van der Waals surface area contributed by atoms with Crippen LogP contribution in [0.4, 0.5) is 11.4 Å². The number of non-ortho nitro benzene ring substituents is 1. The zero-order chi connectivity index (χ0) is 17.3. The Hall–Kier alpha value is -2.74. The number of anilines is 1. The Labute approximate surface area is 144 Å². The lowest BCUT2D eigenvalue weighted by Gasteiger charge is -2.24. The van der Waals surface area contributed by atoms with Gasteiger partial charge < -0.3 is 10.1 Å².